The van der Waals surface area contributed by atoms with Crippen molar-refractivity contribution in [1.82, 2.24) is 4.98 Å². The van der Waals surface area contributed by atoms with Gasteiger partial charge in [0.25, 0.3) is 0 Å². The van der Waals surface area contributed by atoms with Crippen molar-refractivity contribution < 1.29 is 5.11 Å². The maximum Gasteiger partial charge on any atom is 0.127 e. The Morgan fingerprint density at radius 3 is 2.76 bits per heavy atom. The van der Waals surface area contributed by atoms with Gasteiger partial charge < -0.3 is 15.7 Å². The van der Waals surface area contributed by atoms with Gasteiger partial charge in [-0.25, -0.2) is 4.98 Å². The van der Waals surface area contributed by atoms with Gasteiger partial charge in [-0.05, 0) is 25.8 Å². The summed E-state index contributed by atoms with van der Waals surface area (Å²) >= 11 is 0. The van der Waals surface area contributed by atoms with Crippen molar-refractivity contribution in [2.24, 2.45) is 0 Å². The minimum absolute atomic E-state index is 0.115. The van der Waals surface area contributed by atoms with Crippen molar-refractivity contribution in [3.63, 3.8) is 0 Å². The van der Waals surface area contributed by atoms with E-state index in [9.17, 15) is 5.11 Å². The molecule has 1 aromatic rings. The molecule has 1 atom stereocenters. The molecule has 0 amide bonds. The fourth-order valence-corrected chi connectivity index (χ4v) is 1.45. The van der Waals surface area contributed by atoms with Crippen LogP contribution in [-0.4, -0.2) is 28.8 Å². The summed E-state index contributed by atoms with van der Waals surface area (Å²) in [5.41, 5.74) is 0.709. The third-order valence-corrected chi connectivity index (χ3v) is 2.89. The van der Waals surface area contributed by atoms with E-state index in [1.807, 2.05) is 19.1 Å². The first-order valence-electron chi connectivity index (χ1n) is 6.22. The molecule has 0 aliphatic rings. The molecule has 0 aliphatic carbocycles. The first-order valence-corrected chi connectivity index (χ1v) is 6.22. The van der Waals surface area contributed by atoms with E-state index < -0.39 is 0 Å². The predicted octanol–water partition coefficient (Wildman–Crippen LogP) is 2.48. The molecule has 0 spiro atoms. The van der Waals surface area contributed by atoms with Crippen LogP contribution in [-0.2, 0) is 0 Å². The van der Waals surface area contributed by atoms with Crippen molar-refractivity contribution in [3.05, 3.63) is 18.3 Å². The molecule has 0 bridgehead atoms. The monoisotopic (exact) mass is 237 g/mol. The first kappa shape index (κ1) is 13.8. The lowest BCUT2D eigenvalue weighted by Crippen LogP contribution is -2.37. The fourth-order valence-electron chi connectivity index (χ4n) is 1.45. The second-order valence-corrected chi connectivity index (χ2v) is 4.55. The van der Waals surface area contributed by atoms with Gasteiger partial charge in [-0.1, -0.05) is 13.8 Å². The van der Waals surface area contributed by atoms with Gasteiger partial charge in [0.15, 0.2) is 0 Å². The smallest absolute Gasteiger partial charge is 0.127 e. The standard InChI is InChI=1S/C13H23N3O/c1-4-7-14-12-9-11(6-8-15-12)16-13(3,5-2)10-17/h6,8-9,17H,4-5,7,10H2,1-3H3,(H2,14,15,16). The third kappa shape index (κ3) is 4.23. The van der Waals surface area contributed by atoms with Crippen LogP contribution in [0.4, 0.5) is 11.5 Å². The van der Waals surface area contributed by atoms with Gasteiger partial charge in [-0.3, -0.25) is 0 Å². The average Bonchev–Trinajstić information content (AvgIpc) is 2.36. The highest BCUT2D eigenvalue weighted by molar-refractivity contribution is 5.53. The summed E-state index contributed by atoms with van der Waals surface area (Å²) in [7, 11) is 0. The molecule has 4 nitrogen and oxygen atoms in total. The fraction of sp³-hybridized carbons (Fsp3) is 0.615. The summed E-state index contributed by atoms with van der Waals surface area (Å²) in [6, 6.07) is 3.89. The molecule has 0 saturated carbocycles. The predicted molar refractivity (Wildman–Crippen MR) is 72.4 cm³/mol. The molecule has 0 aromatic carbocycles. The van der Waals surface area contributed by atoms with Gasteiger partial charge in [0.05, 0.1) is 12.1 Å². The van der Waals surface area contributed by atoms with E-state index in [-0.39, 0.29) is 12.1 Å². The summed E-state index contributed by atoms with van der Waals surface area (Å²) in [5, 5.41) is 15.9. The lowest BCUT2D eigenvalue weighted by molar-refractivity contribution is 0.219. The molecule has 1 heterocycles. The maximum absolute atomic E-state index is 9.36. The van der Waals surface area contributed by atoms with Gasteiger partial charge >= 0.3 is 0 Å². The second kappa shape index (κ2) is 6.45. The SMILES string of the molecule is CCCNc1cc(NC(C)(CC)CO)ccn1. The van der Waals surface area contributed by atoms with Gasteiger partial charge in [0.1, 0.15) is 5.82 Å². The highest BCUT2D eigenvalue weighted by Crippen LogP contribution is 2.19. The maximum atomic E-state index is 9.36. The highest BCUT2D eigenvalue weighted by Gasteiger charge is 2.20. The number of nitrogens with one attached hydrogen (secondary N) is 2. The van der Waals surface area contributed by atoms with Crippen LogP contribution < -0.4 is 10.6 Å². The second-order valence-electron chi connectivity index (χ2n) is 4.55. The van der Waals surface area contributed by atoms with Crippen LogP contribution in [0.5, 0.6) is 0 Å². The van der Waals surface area contributed by atoms with Crippen LogP contribution in [0.25, 0.3) is 0 Å². The number of aliphatic hydroxyl groups is 1. The Hall–Kier alpha value is -1.29. The molecule has 1 unspecified atom stereocenters. The number of aliphatic hydroxyl groups excluding tert-OH is 1. The number of rotatable bonds is 7. The number of anilines is 2. The Labute approximate surface area is 103 Å². The molecule has 0 radical (unpaired) electrons. The Morgan fingerprint density at radius 1 is 1.41 bits per heavy atom. The van der Waals surface area contributed by atoms with E-state index in [0.29, 0.717) is 0 Å². The van der Waals surface area contributed by atoms with Gasteiger partial charge in [0, 0.05) is 24.5 Å². The van der Waals surface area contributed by atoms with E-state index in [1.165, 1.54) is 0 Å². The van der Waals surface area contributed by atoms with E-state index >= 15 is 0 Å². The number of aromatic nitrogens is 1. The number of hydrogen-bond acceptors (Lipinski definition) is 4. The van der Waals surface area contributed by atoms with Crippen LogP contribution in [0.15, 0.2) is 18.3 Å². The minimum Gasteiger partial charge on any atom is -0.394 e. The van der Waals surface area contributed by atoms with Crippen molar-refractivity contribution in [2.75, 3.05) is 23.8 Å². The molecule has 3 N–H and O–H groups in total. The van der Waals surface area contributed by atoms with E-state index in [1.54, 1.807) is 6.20 Å². The summed E-state index contributed by atoms with van der Waals surface area (Å²) in [5.74, 6) is 0.869. The Bertz CT molecular complexity index is 337. The molecular weight excluding hydrogens is 214 g/mol. The highest BCUT2D eigenvalue weighted by atomic mass is 16.3. The van der Waals surface area contributed by atoms with Gasteiger partial charge in [-0.15, -0.1) is 0 Å². The van der Waals surface area contributed by atoms with Crippen molar-refractivity contribution in [2.45, 2.75) is 39.2 Å². The zero-order valence-electron chi connectivity index (χ0n) is 11.0. The van der Waals surface area contributed by atoms with Crippen LogP contribution >= 0.6 is 0 Å². The Morgan fingerprint density at radius 2 is 2.18 bits per heavy atom. The molecule has 0 aliphatic heterocycles. The molecule has 0 fully saturated rings. The topological polar surface area (TPSA) is 57.2 Å². The van der Waals surface area contributed by atoms with Crippen molar-refractivity contribution >= 4 is 11.5 Å². The zero-order chi connectivity index (χ0) is 12.7. The largest absolute Gasteiger partial charge is 0.394 e. The Kier molecular flexibility index (Phi) is 5.22. The quantitative estimate of drug-likeness (QED) is 0.682. The number of pyridine rings is 1. The van der Waals surface area contributed by atoms with Crippen molar-refractivity contribution in [1.29, 1.82) is 0 Å². The number of nitrogens with zero attached hydrogens (tertiary/aromatic N) is 1. The van der Waals surface area contributed by atoms with Crippen LogP contribution in [0.2, 0.25) is 0 Å². The molecule has 0 saturated heterocycles. The molecular formula is C13H23N3O. The lowest BCUT2D eigenvalue weighted by atomic mass is 10.00. The van der Waals surface area contributed by atoms with Crippen molar-refractivity contribution in [3.8, 4) is 0 Å². The average molecular weight is 237 g/mol. The molecule has 17 heavy (non-hydrogen) atoms. The van der Waals surface area contributed by atoms with Crippen LogP contribution in [0, 0.1) is 0 Å². The van der Waals surface area contributed by atoms with E-state index in [0.717, 1.165) is 30.9 Å². The third-order valence-electron chi connectivity index (χ3n) is 2.89. The first-order chi connectivity index (χ1) is 8.13. The van der Waals surface area contributed by atoms with Crippen LogP contribution in [0.1, 0.15) is 33.6 Å². The van der Waals surface area contributed by atoms with E-state index in [4.69, 9.17) is 0 Å². The van der Waals surface area contributed by atoms with Gasteiger partial charge in [0.2, 0.25) is 0 Å². The zero-order valence-corrected chi connectivity index (χ0v) is 11.0. The molecule has 96 valence electrons. The Balaban J connectivity index is 2.71. The molecule has 4 heteroatoms. The minimum atomic E-state index is -0.274. The van der Waals surface area contributed by atoms with Gasteiger partial charge in [-0.2, -0.15) is 0 Å². The molecule has 1 aromatic heterocycles. The number of hydrogen-bond donors (Lipinski definition) is 3. The molecule has 1 rings (SSSR count). The summed E-state index contributed by atoms with van der Waals surface area (Å²) < 4.78 is 0. The van der Waals surface area contributed by atoms with E-state index in [2.05, 4.69) is 29.5 Å². The van der Waals surface area contributed by atoms with Crippen LogP contribution in [0.3, 0.4) is 0 Å². The summed E-state index contributed by atoms with van der Waals surface area (Å²) in [6.45, 7) is 7.22. The lowest BCUT2D eigenvalue weighted by Gasteiger charge is -2.28. The normalized spacial score (nSPS) is 14.1. The summed E-state index contributed by atoms with van der Waals surface area (Å²) in [4.78, 5) is 4.24. The summed E-state index contributed by atoms with van der Waals surface area (Å²) in [6.07, 6.45) is 3.71.